The Bertz CT molecular complexity index is 744. The van der Waals surface area contributed by atoms with Crippen LogP contribution in [0.2, 0.25) is 5.02 Å². The zero-order valence-corrected chi connectivity index (χ0v) is 16.2. The molecule has 0 N–H and O–H groups in total. The van der Waals surface area contributed by atoms with Crippen molar-refractivity contribution in [2.75, 3.05) is 33.8 Å². The third-order valence-corrected chi connectivity index (χ3v) is 4.80. The molecule has 1 fully saturated rings. The largest absolute Gasteiger partial charge is 0.373 e. The molecule has 0 spiro atoms. The summed E-state index contributed by atoms with van der Waals surface area (Å²) in [6.07, 6.45) is 4.05. The van der Waals surface area contributed by atoms with Crippen molar-refractivity contribution in [2.45, 2.75) is 18.6 Å². The van der Waals surface area contributed by atoms with Crippen molar-refractivity contribution in [3.05, 3.63) is 52.8 Å². The fourth-order valence-corrected chi connectivity index (χ4v) is 3.52. The summed E-state index contributed by atoms with van der Waals surface area (Å²) in [6, 6.07) is 7.29. The Hall–Kier alpha value is -1.89. The van der Waals surface area contributed by atoms with Crippen LogP contribution in [-0.2, 0) is 23.0 Å². The molecule has 1 aliphatic heterocycles. The Labute approximate surface area is 159 Å². The molecule has 1 amide bonds. The molecule has 2 heterocycles. The maximum atomic E-state index is 13.1. The minimum Gasteiger partial charge on any atom is -0.373 e. The van der Waals surface area contributed by atoms with Gasteiger partial charge in [-0.15, -0.1) is 0 Å². The fraction of sp³-hybridized carbons (Fsp3) is 0.474. The van der Waals surface area contributed by atoms with Crippen LogP contribution in [0.15, 0.2) is 36.7 Å². The summed E-state index contributed by atoms with van der Waals surface area (Å²) in [4.78, 5) is 17.1. The monoisotopic (exact) mass is 376 g/mol. The summed E-state index contributed by atoms with van der Waals surface area (Å²) in [5.74, 6) is 0.0910. The zero-order chi connectivity index (χ0) is 18.7. The van der Waals surface area contributed by atoms with Gasteiger partial charge in [-0.05, 0) is 31.8 Å². The van der Waals surface area contributed by atoms with E-state index in [2.05, 4.69) is 10.00 Å². The lowest BCUT2D eigenvalue weighted by atomic mass is 9.99. The second-order valence-electron chi connectivity index (χ2n) is 6.95. The molecule has 2 atom stereocenters. The summed E-state index contributed by atoms with van der Waals surface area (Å²) >= 11 is 5.94. The van der Waals surface area contributed by atoms with Crippen LogP contribution in [0.4, 0.5) is 0 Å². The first-order valence-corrected chi connectivity index (χ1v) is 9.10. The normalized spacial score (nSPS) is 20.6. The summed E-state index contributed by atoms with van der Waals surface area (Å²) in [6.45, 7) is 1.86. The van der Waals surface area contributed by atoms with E-state index in [9.17, 15) is 4.79 Å². The van der Waals surface area contributed by atoms with E-state index in [1.54, 1.807) is 4.68 Å². The van der Waals surface area contributed by atoms with Crippen molar-refractivity contribution in [1.29, 1.82) is 0 Å². The molecule has 1 aromatic heterocycles. The number of hydrogen-bond acceptors (Lipinski definition) is 4. The average molecular weight is 377 g/mol. The van der Waals surface area contributed by atoms with E-state index in [-0.39, 0.29) is 18.1 Å². The van der Waals surface area contributed by atoms with Gasteiger partial charge in [-0.2, -0.15) is 5.10 Å². The number of morpholine rings is 1. The molecule has 0 radical (unpaired) electrons. The van der Waals surface area contributed by atoms with Crippen LogP contribution in [0, 0.1) is 0 Å². The standard InChI is InChI=1S/C19H25ClN4O2/c1-22(2)13-17-19(15-11-21-23(3)12-15)24(8-9-26-17)18(25)10-14-4-6-16(20)7-5-14/h4-7,11-12,17,19H,8-10,13H2,1-3H3/t17-,19-/m0/s1. The van der Waals surface area contributed by atoms with Gasteiger partial charge in [-0.25, -0.2) is 0 Å². The Kier molecular flexibility index (Phi) is 5.96. The highest BCUT2D eigenvalue weighted by molar-refractivity contribution is 6.30. The molecule has 2 aromatic rings. The second kappa shape index (κ2) is 8.20. The van der Waals surface area contributed by atoms with Crippen molar-refractivity contribution >= 4 is 17.5 Å². The Morgan fingerprint density at radius 2 is 2.08 bits per heavy atom. The topological polar surface area (TPSA) is 50.6 Å². The molecule has 0 bridgehead atoms. The third-order valence-electron chi connectivity index (χ3n) is 4.55. The summed E-state index contributed by atoms with van der Waals surface area (Å²) in [5, 5.41) is 4.96. The van der Waals surface area contributed by atoms with Crippen LogP contribution in [0.3, 0.4) is 0 Å². The molecule has 140 valence electrons. The Balaban J connectivity index is 1.84. The van der Waals surface area contributed by atoms with E-state index in [4.69, 9.17) is 16.3 Å². The second-order valence-corrected chi connectivity index (χ2v) is 7.39. The molecule has 1 aliphatic rings. The molecule has 1 saturated heterocycles. The number of aromatic nitrogens is 2. The SMILES string of the molecule is CN(C)C[C@@H]1OCCN(C(=O)Cc2ccc(Cl)cc2)[C@H]1c1cnn(C)c1. The average Bonchev–Trinajstić information content (AvgIpc) is 3.02. The van der Waals surface area contributed by atoms with Crippen molar-refractivity contribution in [3.8, 4) is 0 Å². The first kappa shape index (κ1) is 18.9. The van der Waals surface area contributed by atoms with Crippen LogP contribution in [0.5, 0.6) is 0 Å². The lowest BCUT2D eigenvalue weighted by Crippen LogP contribution is -2.51. The van der Waals surface area contributed by atoms with Crippen molar-refractivity contribution < 1.29 is 9.53 Å². The van der Waals surface area contributed by atoms with Gasteiger partial charge in [0.2, 0.25) is 5.91 Å². The lowest BCUT2D eigenvalue weighted by Gasteiger charge is -2.42. The molecule has 3 rings (SSSR count). The molecule has 1 aromatic carbocycles. The molecular formula is C19H25ClN4O2. The number of halogens is 1. The van der Waals surface area contributed by atoms with Gasteiger partial charge >= 0.3 is 0 Å². The van der Waals surface area contributed by atoms with Crippen molar-refractivity contribution in [3.63, 3.8) is 0 Å². The summed E-state index contributed by atoms with van der Waals surface area (Å²) < 4.78 is 7.78. The Morgan fingerprint density at radius 1 is 1.35 bits per heavy atom. The number of amides is 1. The molecule has 6 nitrogen and oxygen atoms in total. The maximum absolute atomic E-state index is 13.1. The molecule has 0 aliphatic carbocycles. The predicted molar refractivity (Wildman–Crippen MR) is 101 cm³/mol. The number of aryl methyl sites for hydroxylation is 1. The van der Waals surface area contributed by atoms with Gasteiger partial charge < -0.3 is 14.5 Å². The number of carbonyl (C=O) groups is 1. The van der Waals surface area contributed by atoms with Gasteiger partial charge in [-0.3, -0.25) is 9.48 Å². The molecule has 0 saturated carbocycles. The van der Waals surface area contributed by atoms with Gasteiger partial charge in [0, 0.05) is 36.9 Å². The van der Waals surface area contributed by atoms with E-state index >= 15 is 0 Å². The zero-order valence-electron chi connectivity index (χ0n) is 15.4. The van der Waals surface area contributed by atoms with E-state index in [1.807, 2.05) is 62.7 Å². The molecule has 0 unspecified atom stereocenters. The van der Waals surface area contributed by atoms with Gasteiger partial charge in [-0.1, -0.05) is 23.7 Å². The Morgan fingerprint density at radius 3 is 2.69 bits per heavy atom. The van der Waals surface area contributed by atoms with Crippen LogP contribution >= 0.6 is 11.6 Å². The van der Waals surface area contributed by atoms with Gasteiger partial charge in [0.25, 0.3) is 0 Å². The van der Waals surface area contributed by atoms with Crippen LogP contribution in [0.25, 0.3) is 0 Å². The summed E-state index contributed by atoms with van der Waals surface area (Å²) in [7, 11) is 5.91. The van der Waals surface area contributed by atoms with Gasteiger partial charge in [0.15, 0.2) is 0 Å². The number of hydrogen-bond donors (Lipinski definition) is 0. The number of rotatable bonds is 5. The summed E-state index contributed by atoms with van der Waals surface area (Å²) in [5.41, 5.74) is 1.96. The third kappa shape index (κ3) is 4.44. The minimum absolute atomic E-state index is 0.0860. The number of carbonyl (C=O) groups excluding carboxylic acids is 1. The number of nitrogens with zero attached hydrogens (tertiary/aromatic N) is 4. The van der Waals surface area contributed by atoms with Crippen LogP contribution in [0.1, 0.15) is 17.2 Å². The van der Waals surface area contributed by atoms with Crippen LogP contribution in [-0.4, -0.2) is 65.4 Å². The van der Waals surface area contributed by atoms with Gasteiger partial charge in [0.05, 0.1) is 31.4 Å². The van der Waals surface area contributed by atoms with Crippen molar-refractivity contribution in [2.24, 2.45) is 7.05 Å². The smallest absolute Gasteiger partial charge is 0.227 e. The molecule has 26 heavy (non-hydrogen) atoms. The lowest BCUT2D eigenvalue weighted by molar-refractivity contribution is -0.147. The van der Waals surface area contributed by atoms with E-state index in [1.165, 1.54) is 0 Å². The van der Waals surface area contributed by atoms with Gasteiger partial charge in [0.1, 0.15) is 0 Å². The number of ether oxygens (including phenoxy) is 1. The highest BCUT2D eigenvalue weighted by Gasteiger charge is 2.37. The highest BCUT2D eigenvalue weighted by atomic mass is 35.5. The highest BCUT2D eigenvalue weighted by Crippen LogP contribution is 2.30. The minimum atomic E-state index is -0.139. The number of benzene rings is 1. The fourth-order valence-electron chi connectivity index (χ4n) is 3.39. The number of likely N-dealkylation sites (N-methyl/N-ethyl adjacent to an activating group) is 1. The van der Waals surface area contributed by atoms with E-state index < -0.39 is 0 Å². The van der Waals surface area contributed by atoms with E-state index in [0.29, 0.717) is 24.6 Å². The van der Waals surface area contributed by atoms with E-state index in [0.717, 1.165) is 17.7 Å². The first-order chi connectivity index (χ1) is 12.4. The van der Waals surface area contributed by atoms with Crippen LogP contribution < -0.4 is 0 Å². The quantitative estimate of drug-likeness (QED) is 0.802. The first-order valence-electron chi connectivity index (χ1n) is 8.73. The molecular weight excluding hydrogens is 352 g/mol. The molecule has 7 heteroatoms. The predicted octanol–water partition coefficient (Wildman–Crippen LogP) is 2.15. The maximum Gasteiger partial charge on any atom is 0.227 e. The van der Waals surface area contributed by atoms with Crippen molar-refractivity contribution in [1.82, 2.24) is 19.6 Å².